The molecule has 3 N–H and O–H groups in total. The van der Waals surface area contributed by atoms with Gasteiger partial charge in [-0.1, -0.05) is 64.3 Å². The molecule has 3 rings (SSSR count). The number of ether oxygens (including phenoxy) is 1. The van der Waals surface area contributed by atoms with Crippen LogP contribution in [0.4, 0.5) is 0 Å². The summed E-state index contributed by atoms with van der Waals surface area (Å²) in [5, 5.41) is 10.6. The van der Waals surface area contributed by atoms with E-state index in [1.807, 2.05) is 6.08 Å². The Morgan fingerprint density at radius 1 is 1.20 bits per heavy atom. The van der Waals surface area contributed by atoms with Gasteiger partial charge in [0.15, 0.2) is 5.12 Å². The molecule has 12 heteroatoms. The van der Waals surface area contributed by atoms with Gasteiger partial charge < -0.3 is 20.7 Å². The van der Waals surface area contributed by atoms with Crippen LogP contribution in [0.1, 0.15) is 100 Å². The SMILES string of the molecule is CCCCCCCC(=O)SCCC=CC1CC(=O)NCc2nc(cs2)C(=O)NC2(CC2)C(=O)NC(C(C)C)C(=O)O1. The molecule has 1 aliphatic heterocycles. The van der Waals surface area contributed by atoms with Crippen molar-refractivity contribution in [1.82, 2.24) is 20.9 Å². The first-order valence-corrected chi connectivity index (χ1v) is 16.4. The van der Waals surface area contributed by atoms with E-state index in [9.17, 15) is 24.0 Å². The van der Waals surface area contributed by atoms with Crippen LogP contribution in [-0.4, -0.2) is 57.2 Å². The molecule has 1 aromatic rings. The molecule has 1 saturated carbocycles. The predicted octanol–water partition coefficient (Wildman–Crippen LogP) is 4.04. The lowest BCUT2D eigenvalue weighted by Crippen LogP contribution is -2.55. The Balaban J connectivity index is 1.64. The van der Waals surface area contributed by atoms with Gasteiger partial charge in [-0.05, 0) is 37.7 Å². The van der Waals surface area contributed by atoms with Gasteiger partial charge in [0, 0.05) is 17.6 Å². The van der Waals surface area contributed by atoms with E-state index in [2.05, 4.69) is 27.9 Å². The van der Waals surface area contributed by atoms with Crippen molar-refractivity contribution >= 4 is 51.9 Å². The second-order valence-corrected chi connectivity index (χ2v) is 13.0. The van der Waals surface area contributed by atoms with Gasteiger partial charge >= 0.3 is 5.97 Å². The number of allylic oxidation sites excluding steroid dienone is 1. The zero-order valence-corrected chi connectivity index (χ0v) is 25.8. The van der Waals surface area contributed by atoms with Crippen molar-refractivity contribution in [2.24, 2.45) is 5.92 Å². The average Bonchev–Trinajstić information content (AvgIpc) is 3.55. The number of thioether (sulfide) groups is 1. The van der Waals surface area contributed by atoms with E-state index in [0.29, 0.717) is 36.4 Å². The maximum absolute atomic E-state index is 13.2. The number of unbranched alkanes of at least 4 members (excludes halogenated alkanes) is 4. The van der Waals surface area contributed by atoms with E-state index >= 15 is 0 Å². The van der Waals surface area contributed by atoms with Crippen LogP contribution in [0.25, 0.3) is 0 Å². The molecule has 0 radical (unpaired) electrons. The summed E-state index contributed by atoms with van der Waals surface area (Å²) in [6.07, 6.45) is 10.1. The first-order valence-electron chi connectivity index (χ1n) is 14.5. The smallest absolute Gasteiger partial charge is 0.329 e. The van der Waals surface area contributed by atoms with Crippen molar-refractivity contribution in [1.29, 1.82) is 0 Å². The molecule has 10 nitrogen and oxygen atoms in total. The topological polar surface area (TPSA) is 144 Å². The number of cyclic esters (lactones) is 1. The molecule has 2 unspecified atom stereocenters. The van der Waals surface area contributed by atoms with Gasteiger partial charge in [0.1, 0.15) is 28.4 Å². The highest BCUT2D eigenvalue weighted by Gasteiger charge is 2.52. The second-order valence-electron chi connectivity index (χ2n) is 10.9. The molecule has 2 bridgehead atoms. The van der Waals surface area contributed by atoms with Crippen molar-refractivity contribution in [3.63, 3.8) is 0 Å². The number of fused-ring (bicyclic) bond motifs is 2. The number of nitrogens with zero attached hydrogens (tertiary/aromatic N) is 1. The third-order valence-corrected chi connectivity index (χ3v) is 8.82. The molecule has 3 amide bonds. The Morgan fingerprint density at radius 2 is 1.95 bits per heavy atom. The molecule has 2 aliphatic rings. The fourth-order valence-electron chi connectivity index (χ4n) is 4.32. The fraction of sp³-hybridized carbons (Fsp3) is 0.655. The van der Waals surface area contributed by atoms with Crippen LogP contribution in [0.15, 0.2) is 17.5 Å². The van der Waals surface area contributed by atoms with Crippen molar-refractivity contribution in [2.75, 3.05) is 5.75 Å². The lowest BCUT2D eigenvalue weighted by molar-refractivity contribution is -0.153. The van der Waals surface area contributed by atoms with Gasteiger partial charge in [-0.25, -0.2) is 9.78 Å². The Kier molecular flexibility index (Phi) is 12.8. The maximum atomic E-state index is 13.2. The summed E-state index contributed by atoms with van der Waals surface area (Å²) in [6.45, 7) is 5.86. The number of hydrogen-bond donors (Lipinski definition) is 3. The van der Waals surface area contributed by atoms with E-state index < -0.39 is 35.5 Å². The minimum Gasteiger partial charge on any atom is -0.456 e. The second kappa shape index (κ2) is 16.1. The van der Waals surface area contributed by atoms with E-state index in [1.165, 1.54) is 35.9 Å². The van der Waals surface area contributed by atoms with Crippen LogP contribution in [-0.2, 0) is 30.5 Å². The van der Waals surface area contributed by atoms with Crippen molar-refractivity contribution in [3.8, 4) is 0 Å². The predicted molar refractivity (Wildman–Crippen MR) is 159 cm³/mol. The van der Waals surface area contributed by atoms with Crippen LogP contribution >= 0.6 is 23.1 Å². The van der Waals surface area contributed by atoms with Crippen LogP contribution in [0, 0.1) is 5.92 Å². The normalized spacial score (nSPS) is 21.5. The highest BCUT2D eigenvalue weighted by Crippen LogP contribution is 2.36. The summed E-state index contributed by atoms with van der Waals surface area (Å²) < 4.78 is 5.72. The molecule has 2 atom stereocenters. The lowest BCUT2D eigenvalue weighted by Gasteiger charge is -2.26. The van der Waals surface area contributed by atoms with Gasteiger partial charge in [-0.2, -0.15) is 0 Å². The van der Waals surface area contributed by atoms with Crippen LogP contribution < -0.4 is 16.0 Å². The quantitative estimate of drug-likeness (QED) is 0.195. The Bertz CT molecular complexity index is 1110. The molecule has 1 aliphatic carbocycles. The molecule has 41 heavy (non-hydrogen) atoms. The summed E-state index contributed by atoms with van der Waals surface area (Å²) >= 11 is 2.53. The number of rotatable bonds is 11. The van der Waals surface area contributed by atoms with Crippen molar-refractivity contribution < 1.29 is 28.7 Å². The van der Waals surface area contributed by atoms with Gasteiger partial charge in [0.2, 0.25) is 11.8 Å². The molecule has 0 saturated heterocycles. The number of thiazole rings is 1. The van der Waals surface area contributed by atoms with Gasteiger partial charge in [-0.15, -0.1) is 11.3 Å². The zero-order chi connectivity index (χ0) is 29.8. The molecule has 1 fully saturated rings. The first-order chi connectivity index (χ1) is 19.6. The minimum atomic E-state index is -1.08. The molecule has 2 heterocycles. The van der Waals surface area contributed by atoms with E-state index in [4.69, 9.17) is 4.74 Å². The monoisotopic (exact) mass is 606 g/mol. The van der Waals surface area contributed by atoms with Crippen molar-refractivity contribution in [2.45, 2.75) is 109 Å². The highest BCUT2D eigenvalue weighted by atomic mass is 32.2. The number of aromatic nitrogens is 1. The van der Waals surface area contributed by atoms with Crippen LogP contribution in [0.3, 0.4) is 0 Å². The summed E-state index contributed by atoms with van der Waals surface area (Å²) in [6, 6.07) is -0.958. The van der Waals surface area contributed by atoms with Gasteiger partial charge in [0.05, 0.1) is 13.0 Å². The average molecular weight is 607 g/mol. The summed E-state index contributed by atoms with van der Waals surface area (Å²) in [5.41, 5.74) is -0.900. The lowest BCUT2D eigenvalue weighted by atomic mass is 10.0. The Labute approximate surface area is 250 Å². The Hall–Kier alpha value is -2.73. The number of hydrogen-bond acceptors (Lipinski definition) is 9. The van der Waals surface area contributed by atoms with E-state index in [0.717, 1.165) is 19.3 Å². The summed E-state index contributed by atoms with van der Waals surface area (Å²) in [4.78, 5) is 68.2. The van der Waals surface area contributed by atoms with Crippen LogP contribution in [0.5, 0.6) is 0 Å². The number of esters is 1. The Morgan fingerprint density at radius 3 is 2.66 bits per heavy atom. The van der Waals surface area contributed by atoms with Crippen LogP contribution in [0.2, 0.25) is 0 Å². The first kappa shape index (κ1) is 32.8. The molecular weight excluding hydrogens is 564 g/mol. The standard InChI is InChI=1S/C29H42N4O6S2/c1-4-5-6-7-8-12-24(35)40-15-10-9-11-20-16-22(34)30-17-23-31-21(18-41-23)26(36)33-29(13-14-29)28(38)32-25(19(2)3)27(37)39-20/h9,11,18-20,25H,4-8,10,12-17H2,1-3H3,(H,30,34)(H,32,38)(H,33,36). The molecule has 226 valence electrons. The van der Waals surface area contributed by atoms with Gasteiger partial charge in [-0.3, -0.25) is 19.2 Å². The largest absolute Gasteiger partial charge is 0.456 e. The number of carbonyl (C=O) groups is 5. The molecule has 1 spiro atoms. The number of amides is 3. The maximum Gasteiger partial charge on any atom is 0.329 e. The minimum absolute atomic E-state index is 0.118. The number of carbonyl (C=O) groups excluding carboxylic acids is 5. The molecule has 1 aromatic heterocycles. The third-order valence-electron chi connectivity index (χ3n) is 7.00. The van der Waals surface area contributed by atoms with Gasteiger partial charge in [0.25, 0.3) is 5.91 Å². The molecular formula is C29H42N4O6S2. The number of nitrogens with one attached hydrogen (secondary N) is 3. The van der Waals surface area contributed by atoms with Crippen molar-refractivity contribution in [3.05, 3.63) is 28.2 Å². The highest BCUT2D eigenvalue weighted by molar-refractivity contribution is 8.13. The van der Waals surface area contributed by atoms with E-state index in [1.54, 1.807) is 25.3 Å². The van der Waals surface area contributed by atoms with E-state index in [-0.39, 0.29) is 35.6 Å². The zero-order valence-electron chi connectivity index (χ0n) is 24.2. The third kappa shape index (κ3) is 10.6. The fourth-order valence-corrected chi connectivity index (χ4v) is 5.81. The molecule has 0 aromatic carbocycles. The summed E-state index contributed by atoms with van der Waals surface area (Å²) in [7, 11) is 0. The summed E-state index contributed by atoms with van der Waals surface area (Å²) in [5.74, 6) is -1.61.